The molecule has 0 aliphatic rings. The summed E-state index contributed by atoms with van der Waals surface area (Å²) in [5.74, 6) is -0.966. The minimum Gasteiger partial charge on any atom is -0.478 e. The van der Waals surface area contributed by atoms with E-state index < -0.39 is 5.97 Å². The molecule has 2 heterocycles. The predicted molar refractivity (Wildman–Crippen MR) is 86.8 cm³/mol. The molecule has 0 amide bonds. The molecule has 0 fully saturated rings. The number of pyridine rings is 1. The van der Waals surface area contributed by atoms with Crippen molar-refractivity contribution in [1.29, 1.82) is 0 Å². The first-order valence-electron chi connectivity index (χ1n) is 7.02. The van der Waals surface area contributed by atoms with Crippen LogP contribution in [-0.4, -0.2) is 20.5 Å². The fraction of sp³-hybridized carbons (Fsp3) is 0.111. The molecule has 2 aromatic heterocycles. The van der Waals surface area contributed by atoms with Crippen LogP contribution in [0.25, 0.3) is 23.0 Å². The van der Waals surface area contributed by atoms with E-state index in [0.29, 0.717) is 0 Å². The minimum absolute atomic E-state index is 0.763. The molecule has 0 radical (unpaired) electrons. The van der Waals surface area contributed by atoms with Crippen molar-refractivity contribution >= 4 is 17.7 Å². The number of carboxylic acid groups (broad SMARTS) is 1. The van der Waals surface area contributed by atoms with Gasteiger partial charge in [-0.05, 0) is 31.6 Å². The van der Waals surface area contributed by atoms with Crippen LogP contribution in [0.15, 0.2) is 48.7 Å². The first kappa shape index (κ1) is 14.1. The largest absolute Gasteiger partial charge is 0.478 e. The van der Waals surface area contributed by atoms with E-state index in [2.05, 4.69) is 0 Å². The third-order valence-corrected chi connectivity index (χ3v) is 3.58. The second-order valence-corrected chi connectivity index (χ2v) is 5.25. The molecule has 110 valence electrons. The molecule has 1 aromatic carbocycles. The molecule has 1 N–H and O–H groups in total. The molecule has 0 unspecified atom stereocenters. The van der Waals surface area contributed by atoms with E-state index in [1.54, 1.807) is 6.08 Å². The van der Waals surface area contributed by atoms with Gasteiger partial charge >= 0.3 is 5.97 Å². The van der Waals surface area contributed by atoms with Gasteiger partial charge in [0, 0.05) is 29.1 Å². The van der Waals surface area contributed by atoms with Crippen LogP contribution in [0.2, 0.25) is 0 Å². The summed E-state index contributed by atoms with van der Waals surface area (Å²) in [6.07, 6.45) is 4.75. The topological polar surface area (TPSA) is 54.6 Å². The van der Waals surface area contributed by atoms with Crippen LogP contribution in [0.1, 0.15) is 16.8 Å². The summed E-state index contributed by atoms with van der Waals surface area (Å²) in [7, 11) is 0. The van der Waals surface area contributed by atoms with Gasteiger partial charge in [-0.15, -0.1) is 0 Å². The van der Waals surface area contributed by atoms with Gasteiger partial charge in [0.25, 0.3) is 0 Å². The number of benzene rings is 1. The van der Waals surface area contributed by atoms with Crippen LogP contribution in [0.3, 0.4) is 0 Å². The number of hydrogen-bond donors (Lipinski definition) is 1. The van der Waals surface area contributed by atoms with Crippen molar-refractivity contribution in [3.8, 4) is 11.3 Å². The quantitative estimate of drug-likeness (QED) is 0.749. The zero-order valence-electron chi connectivity index (χ0n) is 12.4. The fourth-order valence-electron chi connectivity index (χ4n) is 2.58. The van der Waals surface area contributed by atoms with Crippen molar-refractivity contribution < 1.29 is 9.90 Å². The first-order chi connectivity index (χ1) is 10.6. The Morgan fingerprint density at radius 1 is 1.23 bits per heavy atom. The summed E-state index contributed by atoms with van der Waals surface area (Å²) >= 11 is 0. The van der Waals surface area contributed by atoms with Gasteiger partial charge < -0.3 is 9.51 Å². The van der Waals surface area contributed by atoms with Crippen LogP contribution in [0, 0.1) is 13.8 Å². The Morgan fingerprint density at radius 3 is 2.64 bits per heavy atom. The maximum atomic E-state index is 10.8. The first-order valence-corrected chi connectivity index (χ1v) is 7.02. The Hall–Kier alpha value is -2.88. The summed E-state index contributed by atoms with van der Waals surface area (Å²) in [5, 5.41) is 8.84. The number of nitrogens with zero attached hydrogens (tertiary/aromatic N) is 2. The van der Waals surface area contributed by atoms with Gasteiger partial charge in [0.2, 0.25) is 0 Å². The summed E-state index contributed by atoms with van der Waals surface area (Å²) in [5.41, 5.74) is 5.62. The van der Waals surface area contributed by atoms with Crippen molar-refractivity contribution in [2.75, 3.05) is 0 Å². The number of carbonyl (C=O) groups is 1. The standard InChI is InChI=1S/C18H16N2O2/c1-12-10-15(8-9-16(21)22)18-19-17(13(2)20(18)11-12)14-6-4-3-5-7-14/h3-11H,1-2H3,(H,21,22)/b9-8+. The normalized spacial score (nSPS) is 11.4. The van der Waals surface area contributed by atoms with E-state index in [9.17, 15) is 4.79 Å². The number of aliphatic carboxylic acids is 1. The number of aromatic nitrogens is 2. The third kappa shape index (κ3) is 2.51. The highest BCUT2D eigenvalue weighted by Crippen LogP contribution is 2.26. The molecular weight excluding hydrogens is 276 g/mol. The minimum atomic E-state index is -0.966. The SMILES string of the molecule is Cc1cc(/C=C/C(=O)O)c2nc(-c3ccccc3)c(C)n2c1. The Morgan fingerprint density at radius 2 is 1.95 bits per heavy atom. The summed E-state index contributed by atoms with van der Waals surface area (Å²) in [4.78, 5) is 15.5. The average molecular weight is 292 g/mol. The Kier molecular flexibility index (Phi) is 3.51. The van der Waals surface area contributed by atoms with Gasteiger partial charge in [0.1, 0.15) is 5.65 Å². The van der Waals surface area contributed by atoms with Crippen LogP contribution in [0.5, 0.6) is 0 Å². The maximum absolute atomic E-state index is 10.8. The van der Waals surface area contributed by atoms with Crippen LogP contribution < -0.4 is 0 Å². The molecule has 0 saturated heterocycles. The Labute approximate surface area is 128 Å². The van der Waals surface area contributed by atoms with E-state index in [1.165, 1.54) is 0 Å². The monoisotopic (exact) mass is 292 g/mol. The van der Waals surface area contributed by atoms with E-state index in [0.717, 1.165) is 39.8 Å². The number of aryl methyl sites for hydroxylation is 2. The zero-order chi connectivity index (χ0) is 15.7. The van der Waals surface area contributed by atoms with E-state index in [1.807, 2.05) is 60.8 Å². The second kappa shape index (κ2) is 5.48. The molecule has 4 nitrogen and oxygen atoms in total. The van der Waals surface area contributed by atoms with Crippen LogP contribution in [-0.2, 0) is 4.79 Å². The van der Waals surface area contributed by atoms with Gasteiger partial charge in [-0.1, -0.05) is 30.3 Å². The molecular formula is C18H16N2O2. The Bertz CT molecular complexity index is 877. The van der Waals surface area contributed by atoms with Gasteiger partial charge in [-0.2, -0.15) is 0 Å². The number of imidazole rings is 1. The van der Waals surface area contributed by atoms with Crippen molar-refractivity contribution in [2.24, 2.45) is 0 Å². The van der Waals surface area contributed by atoms with Crippen LogP contribution in [0.4, 0.5) is 0 Å². The summed E-state index contributed by atoms with van der Waals surface area (Å²) in [6.45, 7) is 4.01. The highest BCUT2D eigenvalue weighted by Gasteiger charge is 2.12. The lowest BCUT2D eigenvalue weighted by molar-refractivity contribution is -0.131. The molecule has 3 rings (SSSR count). The second-order valence-electron chi connectivity index (χ2n) is 5.25. The number of hydrogen-bond acceptors (Lipinski definition) is 2. The van der Waals surface area contributed by atoms with Crippen LogP contribution >= 0.6 is 0 Å². The summed E-state index contributed by atoms with van der Waals surface area (Å²) < 4.78 is 2.01. The molecule has 22 heavy (non-hydrogen) atoms. The van der Waals surface area contributed by atoms with Crippen molar-refractivity contribution in [3.05, 3.63) is 65.5 Å². The zero-order valence-corrected chi connectivity index (χ0v) is 12.4. The molecule has 0 atom stereocenters. The molecule has 0 aliphatic carbocycles. The Balaban J connectivity index is 2.25. The van der Waals surface area contributed by atoms with E-state index in [-0.39, 0.29) is 0 Å². The molecule has 3 aromatic rings. The lowest BCUT2D eigenvalue weighted by Gasteiger charge is -2.03. The van der Waals surface area contributed by atoms with E-state index >= 15 is 0 Å². The average Bonchev–Trinajstić information content (AvgIpc) is 2.83. The molecule has 0 bridgehead atoms. The van der Waals surface area contributed by atoms with Gasteiger partial charge in [-0.25, -0.2) is 9.78 Å². The maximum Gasteiger partial charge on any atom is 0.328 e. The van der Waals surface area contributed by atoms with Crippen molar-refractivity contribution in [2.45, 2.75) is 13.8 Å². The fourth-order valence-corrected chi connectivity index (χ4v) is 2.58. The highest BCUT2D eigenvalue weighted by molar-refractivity contribution is 5.87. The van der Waals surface area contributed by atoms with Crippen molar-refractivity contribution in [3.63, 3.8) is 0 Å². The highest BCUT2D eigenvalue weighted by atomic mass is 16.4. The molecule has 4 heteroatoms. The molecule has 0 spiro atoms. The molecule has 0 aliphatic heterocycles. The third-order valence-electron chi connectivity index (χ3n) is 3.58. The molecule has 0 saturated carbocycles. The predicted octanol–water partition coefficient (Wildman–Crippen LogP) is 3.72. The lowest BCUT2D eigenvalue weighted by Crippen LogP contribution is -1.93. The number of carboxylic acids is 1. The van der Waals surface area contributed by atoms with Gasteiger partial charge in [-0.3, -0.25) is 0 Å². The lowest BCUT2D eigenvalue weighted by atomic mass is 10.1. The smallest absolute Gasteiger partial charge is 0.328 e. The van der Waals surface area contributed by atoms with Crippen molar-refractivity contribution in [1.82, 2.24) is 9.38 Å². The van der Waals surface area contributed by atoms with E-state index in [4.69, 9.17) is 10.1 Å². The number of fused-ring (bicyclic) bond motifs is 1. The van der Waals surface area contributed by atoms with Gasteiger partial charge in [0.05, 0.1) is 5.69 Å². The van der Waals surface area contributed by atoms with Gasteiger partial charge in [0.15, 0.2) is 0 Å². The number of rotatable bonds is 3. The summed E-state index contributed by atoms with van der Waals surface area (Å²) in [6, 6.07) is 11.9.